The number of carbonyl (C=O) groups excluding carboxylic acids is 2. The van der Waals surface area contributed by atoms with E-state index in [1.807, 2.05) is 4.40 Å². The molecule has 35 heavy (non-hydrogen) atoms. The fraction of sp³-hybridized carbons (Fsp3) is 0.423. The Kier molecular flexibility index (Phi) is 5.42. The number of nitrogens with zero attached hydrogens (tertiary/aromatic N) is 3. The Morgan fingerprint density at radius 1 is 1.37 bits per heavy atom. The van der Waals surface area contributed by atoms with Gasteiger partial charge in [0.15, 0.2) is 4.96 Å². The summed E-state index contributed by atoms with van der Waals surface area (Å²) in [5, 5.41) is 14.8. The molecular weight excluding hydrogens is 464 g/mol. The molecule has 5 rings (SSSR count). The second kappa shape index (κ2) is 8.11. The number of carbonyl (C=O) groups is 2. The first-order valence-corrected chi connectivity index (χ1v) is 12.4. The van der Waals surface area contributed by atoms with Gasteiger partial charge in [-0.15, -0.1) is 11.3 Å². The number of fused-ring (bicyclic) bond motifs is 2. The maximum atomic E-state index is 13.2. The molecule has 0 saturated heterocycles. The Morgan fingerprint density at radius 2 is 2.11 bits per heavy atom. The van der Waals surface area contributed by atoms with Crippen LogP contribution in [0.4, 0.5) is 5.69 Å². The summed E-state index contributed by atoms with van der Waals surface area (Å²) in [5.74, 6) is 5.94. The Labute approximate surface area is 207 Å². The number of amides is 2. The second-order valence-electron chi connectivity index (χ2n) is 10.4. The predicted octanol–water partition coefficient (Wildman–Crippen LogP) is 3.19. The molecular formula is C26H28N4O4S. The highest BCUT2D eigenvalue weighted by molar-refractivity contribution is 7.15. The Hall–Kier alpha value is -3.35. The zero-order valence-corrected chi connectivity index (χ0v) is 21.2. The number of aromatic nitrogens is 2. The van der Waals surface area contributed by atoms with Crippen LogP contribution in [0.15, 0.2) is 29.8 Å². The topological polar surface area (TPSA) is 96.2 Å². The van der Waals surface area contributed by atoms with E-state index in [0.717, 1.165) is 11.4 Å². The average Bonchev–Trinajstić information content (AvgIpc) is 3.11. The van der Waals surface area contributed by atoms with Gasteiger partial charge in [-0.1, -0.05) is 25.7 Å². The molecule has 3 aromatic rings. The smallest absolute Gasteiger partial charge is 0.272 e. The van der Waals surface area contributed by atoms with E-state index in [4.69, 9.17) is 4.74 Å². The highest BCUT2D eigenvalue weighted by atomic mass is 32.1. The number of rotatable bonds is 3. The van der Waals surface area contributed by atoms with Crippen LogP contribution < -0.4 is 15.0 Å². The van der Waals surface area contributed by atoms with Crippen molar-refractivity contribution >= 4 is 33.8 Å². The number of thiazole rings is 1. The van der Waals surface area contributed by atoms with Gasteiger partial charge < -0.3 is 20.1 Å². The van der Waals surface area contributed by atoms with Crippen molar-refractivity contribution in [3.63, 3.8) is 0 Å². The Balaban J connectivity index is 1.33. The van der Waals surface area contributed by atoms with Crippen LogP contribution >= 0.6 is 11.3 Å². The second-order valence-corrected chi connectivity index (χ2v) is 11.2. The lowest BCUT2D eigenvalue weighted by Crippen LogP contribution is -2.49. The van der Waals surface area contributed by atoms with Crippen LogP contribution in [0.1, 0.15) is 61.8 Å². The first-order chi connectivity index (χ1) is 16.4. The van der Waals surface area contributed by atoms with E-state index in [2.05, 4.69) is 41.4 Å². The van der Waals surface area contributed by atoms with Gasteiger partial charge in [0, 0.05) is 35.8 Å². The average molecular weight is 493 g/mol. The fourth-order valence-electron chi connectivity index (χ4n) is 4.27. The molecule has 1 aliphatic heterocycles. The zero-order valence-electron chi connectivity index (χ0n) is 20.4. The number of hydrogen-bond acceptors (Lipinski definition) is 6. The van der Waals surface area contributed by atoms with Crippen molar-refractivity contribution in [2.45, 2.75) is 51.7 Å². The molecule has 3 heterocycles. The van der Waals surface area contributed by atoms with Gasteiger partial charge in [-0.2, -0.15) is 0 Å². The molecule has 2 aliphatic rings. The van der Waals surface area contributed by atoms with Crippen molar-refractivity contribution in [3.8, 4) is 17.6 Å². The minimum Gasteiger partial charge on any atom is -0.489 e. The maximum absolute atomic E-state index is 13.2. The van der Waals surface area contributed by atoms with E-state index in [1.54, 1.807) is 45.3 Å². The Bertz CT molecular complexity index is 1400. The maximum Gasteiger partial charge on any atom is 0.272 e. The van der Waals surface area contributed by atoms with E-state index in [-0.39, 0.29) is 23.6 Å². The minimum absolute atomic E-state index is 0.000339. The van der Waals surface area contributed by atoms with Crippen LogP contribution in [0.5, 0.6) is 5.75 Å². The minimum atomic E-state index is -1.13. The molecule has 1 aliphatic carbocycles. The van der Waals surface area contributed by atoms with Gasteiger partial charge in [-0.05, 0) is 43.9 Å². The Morgan fingerprint density at radius 3 is 2.80 bits per heavy atom. The first kappa shape index (κ1) is 23.4. The van der Waals surface area contributed by atoms with Gasteiger partial charge in [0.1, 0.15) is 29.7 Å². The van der Waals surface area contributed by atoms with E-state index < -0.39 is 17.6 Å². The van der Waals surface area contributed by atoms with Crippen LogP contribution in [0, 0.1) is 17.3 Å². The number of aliphatic hydroxyl groups is 1. The lowest BCUT2D eigenvalue weighted by Gasteiger charge is -2.20. The number of benzene rings is 1. The monoisotopic (exact) mass is 492 g/mol. The standard InChI is InChI=1S/C26H28N4O4S/c1-25(2)11-16(25)20-14-35-24-28-17(12-30(20)24)22(31)27-18-13-34-21-7-6-15(8-9-26(3,4)33)10-19(21)29(5)23(18)32/h6-7,10,12,14,16,18,33H,11,13H2,1-5H3,(H,27,31)/t16?,18-/m0/s1. The molecule has 182 valence electrons. The number of imidazole rings is 1. The van der Waals surface area contributed by atoms with Crippen LogP contribution in [-0.4, -0.2) is 51.6 Å². The van der Waals surface area contributed by atoms with Crippen molar-refractivity contribution in [2.24, 2.45) is 5.41 Å². The molecule has 2 atom stereocenters. The van der Waals surface area contributed by atoms with E-state index in [9.17, 15) is 14.7 Å². The van der Waals surface area contributed by atoms with Crippen LogP contribution in [0.3, 0.4) is 0 Å². The lowest BCUT2D eigenvalue weighted by molar-refractivity contribution is -0.120. The summed E-state index contributed by atoms with van der Waals surface area (Å²) >= 11 is 1.52. The molecule has 2 amide bonds. The van der Waals surface area contributed by atoms with Gasteiger partial charge in [0.05, 0.1) is 5.69 Å². The summed E-state index contributed by atoms with van der Waals surface area (Å²) in [6, 6.07) is 4.38. The summed E-state index contributed by atoms with van der Waals surface area (Å²) < 4.78 is 7.86. The third kappa shape index (κ3) is 4.51. The third-order valence-corrected chi connectivity index (χ3v) is 7.37. The van der Waals surface area contributed by atoms with Crippen molar-refractivity contribution in [1.82, 2.24) is 14.7 Å². The molecule has 1 unspecified atom stereocenters. The molecule has 0 bridgehead atoms. The van der Waals surface area contributed by atoms with Gasteiger partial charge in [0.25, 0.3) is 11.8 Å². The fourth-order valence-corrected chi connectivity index (χ4v) is 5.20. The summed E-state index contributed by atoms with van der Waals surface area (Å²) in [6.45, 7) is 7.68. The molecule has 2 aromatic heterocycles. The summed E-state index contributed by atoms with van der Waals surface area (Å²) in [7, 11) is 1.64. The number of likely N-dealkylation sites (N-methyl/N-ethyl adjacent to an activating group) is 1. The molecule has 0 radical (unpaired) electrons. The predicted molar refractivity (Wildman–Crippen MR) is 134 cm³/mol. The highest BCUT2D eigenvalue weighted by Crippen LogP contribution is 2.58. The number of ether oxygens (including phenoxy) is 1. The summed E-state index contributed by atoms with van der Waals surface area (Å²) in [4.78, 5) is 32.9. The number of nitrogens with one attached hydrogen (secondary N) is 1. The molecule has 1 aromatic carbocycles. The van der Waals surface area contributed by atoms with E-state index >= 15 is 0 Å². The van der Waals surface area contributed by atoms with E-state index in [0.29, 0.717) is 22.9 Å². The van der Waals surface area contributed by atoms with Crippen LogP contribution in [-0.2, 0) is 4.79 Å². The highest BCUT2D eigenvalue weighted by Gasteiger charge is 2.48. The normalized spacial score (nSPS) is 21.0. The van der Waals surface area contributed by atoms with Crippen molar-refractivity contribution in [2.75, 3.05) is 18.6 Å². The summed E-state index contributed by atoms with van der Waals surface area (Å²) in [6.07, 6.45) is 2.86. The molecule has 9 heteroatoms. The van der Waals surface area contributed by atoms with Gasteiger partial charge >= 0.3 is 0 Å². The molecule has 1 saturated carbocycles. The third-order valence-electron chi connectivity index (χ3n) is 6.51. The largest absolute Gasteiger partial charge is 0.489 e. The van der Waals surface area contributed by atoms with E-state index in [1.165, 1.54) is 21.9 Å². The summed E-state index contributed by atoms with van der Waals surface area (Å²) in [5.41, 5.74) is 1.78. The van der Waals surface area contributed by atoms with Gasteiger partial charge in [-0.25, -0.2) is 4.98 Å². The molecule has 2 N–H and O–H groups in total. The quantitative estimate of drug-likeness (QED) is 0.548. The number of anilines is 1. The lowest BCUT2D eigenvalue weighted by atomic mass is 10.1. The van der Waals surface area contributed by atoms with Crippen molar-refractivity contribution < 1.29 is 19.4 Å². The van der Waals surface area contributed by atoms with Crippen LogP contribution in [0.25, 0.3) is 4.96 Å². The van der Waals surface area contributed by atoms with Gasteiger partial charge in [-0.3, -0.25) is 14.0 Å². The molecule has 8 nitrogen and oxygen atoms in total. The zero-order chi connectivity index (χ0) is 25.1. The first-order valence-electron chi connectivity index (χ1n) is 11.5. The van der Waals surface area contributed by atoms with Crippen LogP contribution in [0.2, 0.25) is 0 Å². The van der Waals surface area contributed by atoms with Gasteiger partial charge in [0.2, 0.25) is 0 Å². The van der Waals surface area contributed by atoms with Crippen molar-refractivity contribution in [3.05, 3.63) is 46.7 Å². The molecule has 1 fully saturated rings. The van der Waals surface area contributed by atoms with Crippen molar-refractivity contribution in [1.29, 1.82) is 0 Å². The SMILES string of the molecule is CN1C(=O)[C@@H](NC(=O)c2cn3c(C4CC4(C)C)csc3n2)COc2ccc(C#CC(C)(C)O)cc21. The number of hydrogen-bond donors (Lipinski definition) is 2. The molecule has 0 spiro atoms.